The maximum atomic E-state index is 12.1. The van der Waals surface area contributed by atoms with Crippen LogP contribution in [0.25, 0.3) is 0 Å². The van der Waals surface area contributed by atoms with Crippen LogP contribution >= 0.6 is 11.3 Å². The largest absolute Gasteiger partial charge is 0.468 e. The third kappa shape index (κ3) is 1.49. The smallest absolute Gasteiger partial charge is 0.319 e. The van der Waals surface area contributed by atoms with Gasteiger partial charge in [0.1, 0.15) is 5.41 Å². The summed E-state index contributed by atoms with van der Waals surface area (Å²) in [5.74, 6) is -0.456. The van der Waals surface area contributed by atoms with Gasteiger partial charge in [0, 0.05) is 0 Å². The van der Waals surface area contributed by atoms with Gasteiger partial charge in [-0.2, -0.15) is 0 Å². The number of hydrogen-bond acceptors (Lipinski definition) is 4. The van der Waals surface area contributed by atoms with Crippen LogP contribution in [0.3, 0.4) is 0 Å². The van der Waals surface area contributed by atoms with E-state index in [9.17, 15) is 9.59 Å². The summed E-state index contributed by atoms with van der Waals surface area (Å²) in [5.41, 5.74) is 0.0878. The van der Waals surface area contributed by atoms with E-state index < -0.39 is 5.41 Å². The fourth-order valence-corrected chi connectivity index (χ4v) is 2.63. The van der Waals surface area contributed by atoms with Gasteiger partial charge in [0.15, 0.2) is 5.78 Å². The Morgan fingerprint density at radius 2 is 2.13 bits per heavy atom. The molecule has 1 aromatic rings. The van der Waals surface area contributed by atoms with Crippen LogP contribution < -0.4 is 0 Å². The zero-order valence-corrected chi connectivity index (χ0v) is 9.52. The predicted molar refractivity (Wildman–Crippen MR) is 57.1 cm³/mol. The third-order valence-electron chi connectivity index (χ3n) is 2.83. The number of Topliss-reactive ketones (excluding diaryl/α,β-unsaturated/α-hetero) is 1. The molecule has 0 atom stereocenters. The molecule has 0 spiro atoms. The van der Waals surface area contributed by atoms with Crippen LogP contribution in [-0.2, 0) is 9.53 Å². The Labute approximate surface area is 92.1 Å². The second kappa shape index (κ2) is 3.45. The first kappa shape index (κ1) is 10.4. The molecule has 3 nitrogen and oxygen atoms in total. The van der Waals surface area contributed by atoms with E-state index in [1.165, 1.54) is 18.4 Å². The highest BCUT2D eigenvalue weighted by Crippen LogP contribution is 2.50. The van der Waals surface area contributed by atoms with Gasteiger partial charge in [-0.25, -0.2) is 0 Å². The fraction of sp³-hybridized carbons (Fsp3) is 0.455. The standard InChI is InChI=1S/C11H12O3S/c1-7-3-6-15-8(7)9(12)11(4-5-11)10(13)14-2/h3,6H,4-5H2,1-2H3. The maximum absolute atomic E-state index is 12.1. The Morgan fingerprint density at radius 1 is 1.47 bits per heavy atom. The van der Waals surface area contributed by atoms with Gasteiger partial charge < -0.3 is 4.74 Å². The lowest BCUT2D eigenvalue weighted by Gasteiger charge is -2.10. The molecule has 0 aromatic carbocycles. The molecule has 0 radical (unpaired) electrons. The quantitative estimate of drug-likeness (QED) is 0.449. The number of ketones is 1. The van der Waals surface area contributed by atoms with Gasteiger partial charge in [0.2, 0.25) is 0 Å². The van der Waals surface area contributed by atoms with E-state index in [1.807, 2.05) is 18.4 Å². The van der Waals surface area contributed by atoms with Crippen molar-refractivity contribution in [2.24, 2.45) is 5.41 Å². The Kier molecular flexibility index (Phi) is 2.38. The number of carbonyl (C=O) groups is 2. The predicted octanol–water partition coefficient (Wildman–Crippen LogP) is 2.19. The van der Waals surface area contributed by atoms with Gasteiger partial charge in [-0.1, -0.05) is 0 Å². The number of hydrogen-bond donors (Lipinski definition) is 0. The van der Waals surface area contributed by atoms with Gasteiger partial charge in [-0.3, -0.25) is 9.59 Å². The van der Waals surface area contributed by atoms with E-state index in [2.05, 4.69) is 4.74 Å². The molecule has 2 rings (SSSR count). The SMILES string of the molecule is COC(=O)C1(C(=O)c2sccc2C)CC1. The van der Waals surface area contributed by atoms with Gasteiger partial charge in [0.25, 0.3) is 0 Å². The van der Waals surface area contributed by atoms with Gasteiger partial charge in [0.05, 0.1) is 12.0 Å². The third-order valence-corrected chi connectivity index (χ3v) is 3.84. The molecule has 80 valence electrons. The van der Waals surface area contributed by atoms with Gasteiger partial charge >= 0.3 is 5.97 Å². The van der Waals surface area contributed by atoms with E-state index in [-0.39, 0.29) is 11.8 Å². The molecule has 0 N–H and O–H groups in total. The molecule has 0 saturated heterocycles. The normalized spacial score (nSPS) is 17.2. The lowest BCUT2D eigenvalue weighted by Crippen LogP contribution is -2.27. The number of methoxy groups -OCH3 is 1. The van der Waals surface area contributed by atoms with Crippen molar-refractivity contribution in [2.75, 3.05) is 7.11 Å². The molecule has 15 heavy (non-hydrogen) atoms. The lowest BCUT2D eigenvalue weighted by atomic mass is 9.98. The molecular weight excluding hydrogens is 212 g/mol. The second-order valence-electron chi connectivity index (χ2n) is 3.84. The summed E-state index contributed by atoms with van der Waals surface area (Å²) in [4.78, 5) is 24.3. The number of rotatable bonds is 3. The fourth-order valence-electron chi connectivity index (χ4n) is 1.67. The zero-order chi connectivity index (χ0) is 11.1. The van der Waals surface area contributed by atoms with Crippen molar-refractivity contribution >= 4 is 23.1 Å². The van der Waals surface area contributed by atoms with Crippen molar-refractivity contribution in [3.63, 3.8) is 0 Å². The Bertz CT molecular complexity index is 415. The van der Waals surface area contributed by atoms with Crippen LogP contribution in [0, 0.1) is 12.3 Å². The van der Waals surface area contributed by atoms with E-state index in [4.69, 9.17) is 0 Å². The molecule has 0 unspecified atom stereocenters. The summed E-state index contributed by atoms with van der Waals surface area (Å²) in [6, 6.07) is 1.89. The molecule has 1 aromatic heterocycles. The van der Waals surface area contributed by atoms with Gasteiger partial charge in [-0.05, 0) is 36.8 Å². The molecule has 1 heterocycles. The summed E-state index contributed by atoms with van der Waals surface area (Å²) in [6.07, 6.45) is 1.24. The van der Waals surface area contributed by atoms with Crippen molar-refractivity contribution < 1.29 is 14.3 Å². The molecule has 1 fully saturated rings. The van der Waals surface area contributed by atoms with Crippen LogP contribution in [0.4, 0.5) is 0 Å². The molecule has 1 aliphatic carbocycles. The van der Waals surface area contributed by atoms with Crippen LogP contribution in [0.5, 0.6) is 0 Å². The summed E-state index contributed by atoms with van der Waals surface area (Å²) in [7, 11) is 1.33. The highest BCUT2D eigenvalue weighted by molar-refractivity contribution is 7.12. The van der Waals surface area contributed by atoms with E-state index in [0.29, 0.717) is 17.7 Å². The minimum atomic E-state index is -0.857. The molecule has 0 bridgehead atoms. The van der Waals surface area contributed by atoms with Crippen LogP contribution in [-0.4, -0.2) is 18.9 Å². The highest BCUT2D eigenvalue weighted by Gasteiger charge is 2.58. The maximum Gasteiger partial charge on any atom is 0.319 e. The summed E-state index contributed by atoms with van der Waals surface area (Å²) in [6.45, 7) is 1.89. The molecule has 4 heteroatoms. The summed E-state index contributed by atoms with van der Waals surface area (Å²) in [5, 5.41) is 1.87. The Balaban J connectivity index is 2.30. The number of aryl methyl sites for hydroxylation is 1. The summed E-state index contributed by atoms with van der Waals surface area (Å²) >= 11 is 1.40. The van der Waals surface area contributed by atoms with Crippen molar-refractivity contribution in [3.05, 3.63) is 21.9 Å². The number of carbonyl (C=O) groups excluding carboxylic acids is 2. The van der Waals surface area contributed by atoms with Crippen LogP contribution in [0.15, 0.2) is 11.4 Å². The average molecular weight is 224 g/mol. The molecular formula is C11H12O3S. The van der Waals surface area contributed by atoms with E-state index >= 15 is 0 Å². The lowest BCUT2D eigenvalue weighted by molar-refractivity contribution is -0.144. The number of esters is 1. The van der Waals surface area contributed by atoms with Crippen LogP contribution in [0.2, 0.25) is 0 Å². The van der Waals surface area contributed by atoms with E-state index in [1.54, 1.807) is 0 Å². The zero-order valence-electron chi connectivity index (χ0n) is 8.70. The Morgan fingerprint density at radius 3 is 2.53 bits per heavy atom. The van der Waals surface area contributed by atoms with Gasteiger partial charge in [-0.15, -0.1) is 11.3 Å². The van der Waals surface area contributed by atoms with Crippen molar-refractivity contribution in [2.45, 2.75) is 19.8 Å². The Hall–Kier alpha value is -1.16. The van der Waals surface area contributed by atoms with E-state index in [0.717, 1.165) is 5.56 Å². The summed E-state index contributed by atoms with van der Waals surface area (Å²) < 4.78 is 4.68. The van der Waals surface area contributed by atoms with Crippen molar-refractivity contribution in [3.8, 4) is 0 Å². The topological polar surface area (TPSA) is 43.4 Å². The minimum Gasteiger partial charge on any atom is -0.468 e. The average Bonchev–Trinajstić information content (AvgIpc) is 2.94. The molecule has 0 amide bonds. The number of thiophene rings is 1. The van der Waals surface area contributed by atoms with Crippen LogP contribution in [0.1, 0.15) is 28.1 Å². The molecule has 1 saturated carbocycles. The van der Waals surface area contributed by atoms with Crippen molar-refractivity contribution in [1.82, 2.24) is 0 Å². The second-order valence-corrected chi connectivity index (χ2v) is 4.75. The first-order chi connectivity index (χ1) is 7.12. The molecule has 0 aliphatic heterocycles. The first-order valence-electron chi connectivity index (χ1n) is 4.79. The number of ether oxygens (including phenoxy) is 1. The first-order valence-corrected chi connectivity index (χ1v) is 5.67. The highest BCUT2D eigenvalue weighted by atomic mass is 32.1. The van der Waals surface area contributed by atoms with Crippen molar-refractivity contribution in [1.29, 1.82) is 0 Å². The molecule has 1 aliphatic rings. The minimum absolute atomic E-state index is 0.0677. The monoisotopic (exact) mass is 224 g/mol.